The number of ether oxygens (including phenoxy) is 3. The number of methoxy groups -OCH3 is 3. The van der Waals surface area contributed by atoms with Gasteiger partial charge in [0.2, 0.25) is 5.91 Å². The molecule has 1 aromatic heterocycles. The van der Waals surface area contributed by atoms with Crippen LogP contribution in [0.15, 0.2) is 18.2 Å². The van der Waals surface area contributed by atoms with E-state index >= 15 is 0 Å². The van der Waals surface area contributed by atoms with Gasteiger partial charge in [0.15, 0.2) is 0 Å². The van der Waals surface area contributed by atoms with Crippen LogP contribution in [0.25, 0.3) is 0 Å². The van der Waals surface area contributed by atoms with Crippen molar-refractivity contribution in [2.75, 3.05) is 39.7 Å². The maximum atomic E-state index is 12.8. The number of amides is 1. The number of carbonyl (C=O) groups is 2. The Hall–Kier alpha value is -2.58. The van der Waals surface area contributed by atoms with Crippen molar-refractivity contribution < 1.29 is 23.8 Å². The van der Waals surface area contributed by atoms with E-state index in [2.05, 4.69) is 10.2 Å². The number of anilines is 1. The number of likely N-dealkylation sites (tertiary alicyclic amines) is 1. The van der Waals surface area contributed by atoms with E-state index in [0.29, 0.717) is 10.6 Å². The quantitative estimate of drug-likeness (QED) is 0.668. The minimum atomic E-state index is -0.436. The van der Waals surface area contributed by atoms with Crippen molar-refractivity contribution in [1.29, 1.82) is 0 Å². The third-order valence-electron chi connectivity index (χ3n) is 5.54. The molecule has 1 saturated heterocycles. The van der Waals surface area contributed by atoms with Crippen LogP contribution >= 0.6 is 11.3 Å². The van der Waals surface area contributed by atoms with Gasteiger partial charge in [0.25, 0.3) is 0 Å². The van der Waals surface area contributed by atoms with E-state index in [0.717, 1.165) is 46.9 Å². The van der Waals surface area contributed by atoms with Gasteiger partial charge in [-0.25, -0.2) is 4.79 Å². The van der Waals surface area contributed by atoms with Gasteiger partial charge in [-0.2, -0.15) is 0 Å². The molecule has 1 aliphatic heterocycles. The highest BCUT2D eigenvalue weighted by Crippen LogP contribution is 2.39. The van der Waals surface area contributed by atoms with E-state index in [1.54, 1.807) is 14.2 Å². The Morgan fingerprint density at radius 2 is 1.97 bits per heavy atom. The van der Waals surface area contributed by atoms with Crippen LogP contribution < -0.4 is 14.8 Å². The zero-order chi connectivity index (χ0) is 21.8. The van der Waals surface area contributed by atoms with E-state index in [9.17, 15) is 9.59 Å². The third-order valence-corrected chi connectivity index (χ3v) is 6.66. The lowest BCUT2D eigenvalue weighted by Crippen LogP contribution is -2.33. The summed E-state index contributed by atoms with van der Waals surface area (Å²) in [5, 5.41) is 3.46. The number of rotatable bonds is 7. The molecule has 1 aromatic carbocycles. The van der Waals surface area contributed by atoms with Crippen molar-refractivity contribution in [3.05, 3.63) is 39.8 Å². The van der Waals surface area contributed by atoms with Gasteiger partial charge in [-0.3, -0.25) is 9.69 Å². The van der Waals surface area contributed by atoms with Crippen LogP contribution in [-0.2, 0) is 9.53 Å². The molecule has 1 atom stereocenters. The Morgan fingerprint density at radius 3 is 2.63 bits per heavy atom. The van der Waals surface area contributed by atoms with Gasteiger partial charge in [0, 0.05) is 22.5 Å². The summed E-state index contributed by atoms with van der Waals surface area (Å²) >= 11 is 1.39. The van der Waals surface area contributed by atoms with Crippen molar-refractivity contribution in [1.82, 2.24) is 4.90 Å². The first-order valence-electron chi connectivity index (χ1n) is 9.83. The first kappa shape index (κ1) is 22.1. The lowest BCUT2D eigenvalue weighted by molar-refractivity contribution is -0.117. The standard InChI is InChI=1S/C22H28N2O5S/c1-13-14(2)30-21(20(13)22(26)29-5)23-19(25)12-24-10-6-7-17(24)16-9-8-15(27-3)11-18(16)28-4/h8-9,11,17H,6-7,10,12H2,1-5H3,(H,23,25). The highest BCUT2D eigenvalue weighted by molar-refractivity contribution is 7.16. The number of benzene rings is 1. The molecule has 162 valence electrons. The zero-order valence-corrected chi connectivity index (χ0v) is 18.9. The van der Waals surface area contributed by atoms with Gasteiger partial charge < -0.3 is 19.5 Å². The summed E-state index contributed by atoms with van der Waals surface area (Å²) in [5.74, 6) is 0.899. The van der Waals surface area contributed by atoms with Crippen molar-refractivity contribution in [3.8, 4) is 11.5 Å². The highest BCUT2D eigenvalue weighted by atomic mass is 32.1. The monoisotopic (exact) mass is 432 g/mol. The van der Waals surface area contributed by atoms with Crippen LogP contribution in [0.4, 0.5) is 5.00 Å². The first-order chi connectivity index (χ1) is 14.4. The molecule has 1 amide bonds. The van der Waals surface area contributed by atoms with Crippen LogP contribution in [-0.4, -0.2) is 51.2 Å². The first-order valence-corrected chi connectivity index (χ1v) is 10.6. The topological polar surface area (TPSA) is 77.1 Å². The Kier molecular flexibility index (Phi) is 6.99. The molecule has 0 saturated carbocycles. The number of carbonyl (C=O) groups excluding carboxylic acids is 2. The fourth-order valence-corrected chi connectivity index (χ4v) is 4.94. The number of hydrogen-bond acceptors (Lipinski definition) is 7. The number of nitrogens with zero attached hydrogens (tertiary/aromatic N) is 1. The second-order valence-electron chi connectivity index (χ2n) is 7.26. The molecule has 1 N–H and O–H groups in total. The predicted molar refractivity (Wildman–Crippen MR) is 117 cm³/mol. The SMILES string of the molecule is COC(=O)c1c(NC(=O)CN2CCCC2c2ccc(OC)cc2OC)sc(C)c1C. The van der Waals surface area contributed by atoms with Crippen molar-refractivity contribution in [3.63, 3.8) is 0 Å². The molecular formula is C22H28N2O5S. The summed E-state index contributed by atoms with van der Waals surface area (Å²) in [6, 6.07) is 5.86. The maximum absolute atomic E-state index is 12.8. The van der Waals surface area contributed by atoms with E-state index in [1.165, 1.54) is 18.4 Å². The van der Waals surface area contributed by atoms with Crippen LogP contribution in [0, 0.1) is 13.8 Å². The molecule has 1 unspecified atom stereocenters. The molecule has 30 heavy (non-hydrogen) atoms. The highest BCUT2D eigenvalue weighted by Gasteiger charge is 2.30. The van der Waals surface area contributed by atoms with Gasteiger partial charge in [0.1, 0.15) is 16.5 Å². The Balaban J connectivity index is 1.76. The van der Waals surface area contributed by atoms with Gasteiger partial charge in [-0.1, -0.05) is 6.07 Å². The molecule has 1 fully saturated rings. The minimum Gasteiger partial charge on any atom is -0.497 e. The normalized spacial score (nSPS) is 16.4. The summed E-state index contributed by atoms with van der Waals surface area (Å²) in [7, 11) is 4.61. The molecule has 2 heterocycles. The summed E-state index contributed by atoms with van der Waals surface area (Å²) in [6.45, 7) is 4.84. The Bertz CT molecular complexity index is 940. The Morgan fingerprint density at radius 1 is 1.20 bits per heavy atom. The summed E-state index contributed by atoms with van der Waals surface area (Å²) in [5.41, 5.74) is 2.31. The Labute approximate surface area is 180 Å². The van der Waals surface area contributed by atoms with Crippen LogP contribution in [0.5, 0.6) is 11.5 Å². The average molecular weight is 433 g/mol. The van der Waals surface area contributed by atoms with Gasteiger partial charge in [-0.15, -0.1) is 11.3 Å². The van der Waals surface area contributed by atoms with Gasteiger partial charge in [-0.05, 0) is 44.9 Å². The fourth-order valence-electron chi connectivity index (χ4n) is 3.87. The lowest BCUT2D eigenvalue weighted by atomic mass is 10.0. The molecule has 7 nitrogen and oxygen atoms in total. The number of esters is 1. The molecule has 0 spiro atoms. The van der Waals surface area contributed by atoms with Crippen LogP contribution in [0.2, 0.25) is 0 Å². The number of nitrogens with one attached hydrogen (secondary N) is 1. The van der Waals surface area contributed by atoms with Crippen molar-refractivity contribution in [2.45, 2.75) is 32.7 Å². The molecule has 0 aliphatic carbocycles. The van der Waals surface area contributed by atoms with Gasteiger partial charge >= 0.3 is 5.97 Å². The maximum Gasteiger partial charge on any atom is 0.341 e. The molecule has 2 aromatic rings. The number of hydrogen-bond donors (Lipinski definition) is 1. The van der Waals surface area contributed by atoms with E-state index in [4.69, 9.17) is 14.2 Å². The average Bonchev–Trinajstić information content (AvgIpc) is 3.30. The summed E-state index contributed by atoms with van der Waals surface area (Å²) in [6.07, 6.45) is 1.94. The van der Waals surface area contributed by atoms with Crippen molar-refractivity contribution in [2.24, 2.45) is 0 Å². The van der Waals surface area contributed by atoms with Gasteiger partial charge in [0.05, 0.1) is 33.4 Å². The summed E-state index contributed by atoms with van der Waals surface area (Å²) < 4.78 is 15.7. The number of aryl methyl sites for hydroxylation is 1. The van der Waals surface area contributed by atoms with Crippen LogP contribution in [0.3, 0.4) is 0 Å². The molecule has 0 bridgehead atoms. The molecule has 0 radical (unpaired) electrons. The third kappa shape index (κ3) is 4.44. The lowest BCUT2D eigenvalue weighted by Gasteiger charge is -2.25. The molecule has 1 aliphatic rings. The zero-order valence-electron chi connectivity index (χ0n) is 18.0. The van der Waals surface area contributed by atoms with E-state index in [-0.39, 0.29) is 18.5 Å². The second kappa shape index (κ2) is 9.49. The van der Waals surface area contributed by atoms with Crippen molar-refractivity contribution >= 4 is 28.2 Å². The largest absolute Gasteiger partial charge is 0.497 e. The molecular weight excluding hydrogens is 404 g/mol. The molecule has 8 heteroatoms. The van der Waals surface area contributed by atoms with E-state index in [1.807, 2.05) is 32.0 Å². The van der Waals surface area contributed by atoms with Crippen LogP contribution in [0.1, 0.15) is 45.2 Å². The predicted octanol–water partition coefficient (Wildman–Crippen LogP) is 3.94. The second-order valence-corrected chi connectivity index (χ2v) is 8.49. The number of thiophene rings is 1. The summed E-state index contributed by atoms with van der Waals surface area (Å²) in [4.78, 5) is 28.1. The smallest absolute Gasteiger partial charge is 0.341 e. The minimum absolute atomic E-state index is 0.0866. The fraction of sp³-hybridized carbons (Fsp3) is 0.455. The van der Waals surface area contributed by atoms with E-state index < -0.39 is 5.97 Å². The molecule has 3 rings (SSSR count).